The molecule has 0 bridgehead atoms. The molecular weight excluding hydrogens is 403 g/mol. The van der Waals surface area contributed by atoms with Gasteiger partial charge in [0.15, 0.2) is 0 Å². The SMILES string of the molecule is CC(C)(N)C1(c2ccc(F)cc2)CCC(Oc2cc3cc[nH]c(=O)c3cc2Cl)CC1. The van der Waals surface area contributed by atoms with Crippen LogP contribution in [0.15, 0.2) is 53.5 Å². The van der Waals surface area contributed by atoms with Crippen molar-refractivity contribution in [1.29, 1.82) is 0 Å². The number of ether oxygens (including phenoxy) is 1. The van der Waals surface area contributed by atoms with Gasteiger partial charge in [-0.2, -0.15) is 0 Å². The van der Waals surface area contributed by atoms with Gasteiger partial charge in [-0.1, -0.05) is 23.7 Å². The second kappa shape index (κ2) is 7.71. The normalized spacial score (nSPS) is 22.2. The number of aromatic amines is 1. The average Bonchev–Trinajstić information content (AvgIpc) is 2.70. The van der Waals surface area contributed by atoms with Crippen LogP contribution in [0.4, 0.5) is 4.39 Å². The van der Waals surface area contributed by atoms with E-state index >= 15 is 0 Å². The summed E-state index contributed by atoms with van der Waals surface area (Å²) in [5, 5.41) is 1.75. The number of nitrogens with two attached hydrogens (primary N) is 1. The lowest BCUT2D eigenvalue weighted by atomic mass is 9.59. The summed E-state index contributed by atoms with van der Waals surface area (Å²) in [7, 11) is 0. The van der Waals surface area contributed by atoms with E-state index < -0.39 is 5.54 Å². The van der Waals surface area contributed by atoms with Crippen LogP contribution in [-0.2, 0) is 5.41 Å². The fourth-order valence-corrected chi connectivity index (χ4v) is 4.94. The van der Waals surface area contributed by atoms with Crippen molar-refractivity contribution in [2.75, 3.05) is 0 Å². The van der Waals surface area contributed by atoms with Gasteiger partial charge in [-0.3, -0.25) is 4.79 Å². The van der Waals surface area contributed by atoms with Crippen molar-refractivity contribution in [1.82, 2.24) is 4.98 Å². The second-order valence-electron chi connectivity index (χ2n) is 8.80. The zero-order valence-corrected chi connectivity index (χ0v) is 17.9. The van der Waals surface area contributed by atoms with E-state index in [0.717, 1.165) is 36.6 Å². The van der Waals surface area contributed by atoms with Gasteiger partial charge in [0, 0.05) is 22.5 Å². The standard InChI is InChI=1S/C24H26ClFN2O2/c1-23(2,27)24(16-3-5-17(26)6-4-16)10-7-18(8-11-24)30-21-13-15-9-12-28-22(29)19(15)14-20(21)25/h3-6,9,12-14,18H,7-8,10-11,27H2,1-2H3,(H,28,29). The molecular formula is C24H26ClFN2O2. The third-order valence-corrected chi connectivity index (χ3v) is 6.83. The van der Waals surface area contributed by atoms with Crippen molar-refractivity contribution in [2.24, 2.45) is 5.73 Å². The van der Waals surface area contributed by atoms with E-state index in [0.29, 0.717) is 16.2 Å². The highest BCUT2D eigenvalue weighted by Gasteiger charge is 2.46. The van der Waals surface area contributed by atoms with Gasteiger partial charge in [-0.15, -0.1) is 0 Å². The molecule has 1 aromatic heterocycles. The maximum Gasteiger partial charge on any atom is 0.255 e. The molecule has 0 saturated heterocycles. The van der Waals surface area contributed by atoms with Crippen molar-refractivity contribution in [3.63, 3.8) is 0 Å². The summed E-state index contributed by atoms with van der Waals surface area (Å²) < 4.78 is 19.7. The molecule has 1 saturated carbocycles. The van der Waals surface area contributed by atoms with Crippen LogP contribution in [0.1, 0.15) is 45.1 Å². The van der Waals surface area contributed by atoms with Crippen molar-refractivity contribution < 1.29 is 9.13 Å². The number of aromatic nitrogens is 1. The minimum absolute atomic E-state index is 0.00197. The molecule has 3 N–H and O–H groups in total. The summed E-state index contributed by atoms with van der Waals surface area (Å²) in [5.41, 5.74) is 6.81. The summed E-state index contributed by atoms with van der Waals surface area (Å²) in [5.74, 6) is 0.339. The predicted molar refractivity (Wildman–Crippen MR) is 119 cm³/mol. The van der Waals surface area contributed by atoms with E-state index in [-0.39, 0.29) is 22.9 Å². The monoisotopic (exact) mass is 428 g/mol. The number of pyridine rings is 1. The quantitative estimate of drug-likeness (QED) is 0.591. The zero-order chi connectivity index (χ0) is 21.5. The first kappa shape index (κ1) is 20.9. The van der Waals surface area contributed by atoms with Crippen LogP contribution in [-0.4, -0.2) is 16.6 Å². The van der Waals surface area contributed by atoms with Gasteiger partial charge in [0.2, 0.25) is 0 Å². The molecule has 1 heterocycles. The van der Waals surface area contributed by atoms with Gasteiger partial charge in [0.1, 0.15) is 11.6 Å². The number of halogens is 2. The van der Waals surface area contributed by atoms with Gasteiger partial charge in [-0.05, 0) is 80.8 Å². The highest BCUT2D eigenvalue weighted by atomic mass is 35.5. The molecule has 0 radical (unpaired) electrons. The highest BCUT2D eigenvalue weighted by molar-refractivity contribution is 6.32. The van der Waals surface area contributed by atoms with Gasteiger partial charge in [0.05, 0.1) is 11.1 Å². The molecule has 0 aliphatic heterocycles. The van der Waals surface area contributed by atoms with Crippen LogP contribution in [0.3, 0.4) is 0 Å². The number of nitrogens with one attached hydrogen (secondary N) is 1. The Bertz CT molecular complexity index is 1110. The minimum Gasteiger partial charge on any atom is -0.489 e. The average molecular weight is 429 g/mol. The van der Waals surface area contributed by atoms with Crippen LogP contribution in [0.2, 0.25) is 5.02 Å². The fourth-order valence-electron chi connectivity index (χ4n) is 4.73. The van der Waals surface area contributed by atoms with E-state index in [1.807, 2.05) is 38.1 Å². The van der Waals surface area contributed by atoms with Crippen LogP contribution >= 0.6 is 11.6 Å². The predicted octanol–water partition coefficient (Wildman–Crippen LogP) is 5.32. The van der Waals surface area contributed by atoms with Gasteiger partial charge < -0.3 is 15.5 Å². The molecule has 1 aliphatic carbocycles. The summed E-state index contributed by atoms with van der Waals surface area (Å²) in [6, 6.07) is 12.0. The van der Waals surface area contributed by atoms with E-state index in [9.17, 15) is 9.18 Å². The Morgan fingerprint density at radius 2 is 1.83 bits per heavy atom. The minimum atomic E-state index is -0.461. The number of hydrogen-bond acceptors (Lipinski definition) is 3. The molecule has 4 nitrogen and oxygen atoms in total. The lowest BCUT2D eigenvalue weighted by molar-refractivity contribution is 0.0849. The Balaban J connectivity index is 1.56. The molecule has 0 atom stereocenters. The lowest BCUT2D eigenvalue weighted by Gasteiger charge is -2.49. The maximum atomic E-state index is 13.5. The first-order valence-corrected chi connectivity index (χ1v) is 10.6. The van der Waals surface area contributed by atoms with Crippen molar-refractivity contribution in [3.05, 3.63) is 75.4 Å². The van der Waals surface area contributed by atoms with Crippen LogP contribution in [0, 0.1) is 5.82 Å². The molecule has 0 spiro atoms. The third kappa shape index (κ3) is 3.72. The maximum absolute atomic E-state index is 13.5. The van der Waals surface area contributed by atoms with Crippen LogP contribution in [0.5, 0.6) is 5.75 Å². The molecule has 2 aromatic carbocycles. The molecule has 158 valence electrons. The van der Waals surface area contributed by atoms with Crippen molar-refractivity contribution in [3.8, 4) is 5.75 Å². The largest absolute Gasteiger partial charge is 0.489 e. The van der Waals surface area contributed by atoms with E-state index in [4.69, 9.17) is 22.1 Å². The number of rotatable bonds is 4. The molecule has 4 rings (SSSR count). The Kier molecular flexibility index (Phi) is 5.37. The topological polar surface area (TPSA) is 68.1 Å². The molecule has 1 aliphatic rings. The van der Waals surface area contributed by atoms with Gasteiger partial charge in [0.25, 0.3) is 5.56 Å². The Labute approximate surface area is 180 Å². The summed E-state index contributed by atoms with van der Waals surface area (Å²) in [4.78, 5) is 14.6. The summed E-state index contributed by atoms with van der Waals surface area (Å²) >= 11 is 6.40. The summed E-state index contributed by atoms with van der Waals surface area (Å²) in [6.07, 6.45) is 4.89. The first-order valence-electron chi connectivity index (χ1n) is 10.2. The number of fused-ring (bicyclic) bond motifs is 1. The van der Waals surface area contributed by atoms with E-state index in [1.165, 1.54) is 12.1 Å². The van der Waals surface area contributed by atoms with Gasteiger partial charge in [-0.25, -0.2) is 4.39 Å². The number of benzene rings is 2. The van der Waals surface area contributed by atoms with Crippen LogP contribution in [0.25, 0.3) is 10.8 Å². The second-order valence-corrected chi connectivity index (χ2v) is 9.21. The highest BCUT2D eigenvalue weighted by Crippen LogP contribution is 2.47. The van der Waals surface area contributed by atoms with E-state index in [1.54, 1.807) is 12.3 Å². The van der Waals surface area contributed by atoms with Crippen molar-refractivity contribution in [2.45, 2.75) is 56.6 Å². The lowest BCUT2D eigenvalue weighted by Crippen LogP contribution is -2.56. The van der Waals surface area contributed by atoms with E-state index in [2.05, 4.69) is 4.98 Å². The fraction of sp³-hybridized carbons (Fsp3) is 0.375. The summed E-state index contributed by atoms with van der Waals surface area (Å²) in [6.45, 7) is 4.07. The Morgan fingerprint density at radius 3 is 2.47 bits per heavy atom. The molecule has 3 aromatic rings. The first-order chi connectivity index (χ1) is 14.2. The zero-order valence-electron chi connectivity index (χ0n) is 17.2. The van der Waals surface area contributed by atoms with Gasteiger partial charge >= 0.3 is 0 Å². The Morgan fingerprint density at radius 1 is 1.17 bits per heavy atom. The molecule has 0 amide bonds. The van der Waals surface area contributed by atoms with Crippen LogP contribution < -0.4 is 16.0 Å². The smallest absolute Gasteiger partial charge is 0.255 e. The molecule has 0 unspecified atom stereocenters. The molecule has 6 heteroatoms. The molecule has 1 fully saturated rings. The number of H-pyrrole nitrogens is 1. The van der Waals surface area contributed by atoms with Crippen molar-refractivity contribution >= 4 is 22.4 Å². The number of hydrogen-bond donors (Lipinski definition) is 2. The Hall–Kier alpha value is -2.37. The third-order valence-electron chi connectivity index (χ3n) is 6.54. The molecule has 30 heavy (non-hydrogen) atoms.